The topological polar surface area (TPSA) is 35.0 Å². The summed E-state index contributed by atoms with van der Waals surface area (Å²) in [6, 6.07) is 45.9. The summed E-state index contributed by atoms with van der Waals surface area (Å²) >= 11 is 0. The molecule has 0 amide bonds. The molecule has 3 aromatic heterocycles. The fourth-order valence-corrected chi connectivity index (χ4v) is 8.66. The lowest BCUT2D eigenvalue weighted by Crippen LogP contribution is -2.15. The number of benzene rings is 6. The smallest absolute Gasteiger partial charge is 0.158 e. The van der Waals surface area contributed by atoms with Crippen LogP contribution in [0.5, 0.6) is 0 Å². The third-order valence-electron chi connectivity index (χ3n) is 10.6. The van der Waals surface area contributed by atoms with E-state index in [1.807, 2.05) is 6.07 Å². The van der Waals surface area contributed by atoms with Gasteiger partial charge in [-0.25, -0.2) is 0 Å². The van der Waals surface area contributed by atoms with Crippen LogP contribution in [0.3, 0.4) is 0 Å². The average molecular weight is 604 g/mol. The van der Waals surface area contributed by atoms with Crippen molar-refractivity contribution in [3.05, 3.63) is 150 Å². The number of aliphatic hydroxyl groups is 1. The number of nitrogens with zero attached hydrogens (tertiary/aromatic N) is 3. The van der Waals surface area contributed by atoms with E-state index in [2.05, 4.69) is 147 Å². The molecule has 47 heavy (non-hydrogen) atoms. The first-order chi connectivity index (χ1) is 23.3. The monoisotopic (exact) mass is 603 g/mol. The van der Waals surface area contributed by atoms with Crippen molar-refractivity contribution >= 4 is 60.6 Å². The first-order valence-electron chi connectivity index (χ1n) is 16.4. The number of aromatic nitrogens is 3. The lowest BCUT2D eigenvalue weighted by Gasteiger charge is -2.26. The Balaban J connectivity index is 1.28. The van der Waals surface area contributed by atoms with Gasteiger partial charge >= 0.3 is 0 Å². The highest BCUT2D eigenvalue weighted by Gasteiger charge is 2.30. The van der Waals surface area contributed by atoms with E-state index in [1.165, 1.54) is 44.0 Å². The minimum atomic E-state index is -0.769. The number of aliphatic hydroxyl groups excluding tert-OH is 1. The predicted octanol–water partition coefficient (Wildman–Crippen LogP) is 10.3. The van der Waals surface area contributed by atoms with Crippen LogP contribution < -0.4 is 0 Å². The fraction of sp³-hybridized carbons (Fsp3) is 0.0698. The van der Waals surface area contributed by atoms with E-state index >= 15 is 0 Å². The summed E-state index contributed by atoms with van der Waals surface area (Å²) in [7, 11) is 0. The van der Waals surface area contributed by atoms with Crippen LogP contribution in [-0.4, -0.2) is 18.8 Å². The molecular formula is C43H29N3O. The predicted molar refractivity (Wildman–Crippen MR) is 194 cm³/mol. The maximum atomic E-state index is 11.9. The van der Waals surface area contributed by atoms with Crippen LogP contribution in [0.1, 0.15) is 29.5 Å². The summed E-state index contributed by atoms with van der Waals surface area (Å²) in [6.07, 6.45) is 5.87. The Morgan fingerprint density at radius 3 is 1.98 bits per heavy atom. The molecule has 0 saturated carbocycles. The maximum Gasteiger partial charge on any atom is 0.158 e. The van der Waals surface area contributed by atoms with E-state index in [9.17, 15) is 5.11 Å². The summed E-state index contributed by atoms with van der Waals surface area (Å²) in [5, 5.41) is 18.0. The minimum Gasteiger partial charge on any atom is -0.369 e. The van der Waals surface area contributed by atoms with Crippen LogP contribution in [0.2, 0.25) is 0 Å². The van der Waals surface area contributed by atoms with Gasteiger partial charge in [0, 0.05) is 60.7 Å². The highest BCUT2D eigenvalue weighted by atomic mass is 16.3. The second kappa shape index (κ2) is 9.12. The summed E-state index contributed by atoms with van der Waals surface area (Å²) in [5.74, 6) is 0. The van der Waals surface area contributed by atoms with E-state index in [-0.39, 0.29) is 0 Å². The number of rotatable bonds is 2. The number of fused-ring (bicyclic) bond motifs is 11. The molecule has 1 N–H and O–H groups in total. The second-order valence-corrected chi connectivity index (χ2v) is 12.9. The van der Waals surface area contributed by atoms with Crippen molar-refractivity contribution < 1.29 is 5.11 Å². The molecule has 9 aromatic rings. The molecule has 6 aromatic carbocycles. The summed E-state index contributed by atoms with van der Waals surface area (Å²) < 4.78 is 7.01. The molecule has 0 saturated heterocycles. The molecule has 1 aliphatic heterocycles. The molecule has 1 unspecified atom stereocenters. The van der Waals surface area contributed by atoms with Crippen molar-refractivity contribution in [1.82, 2.24) is 13.7 Å². The van der Waals surface area contributed by atoms with E-state index in [4.69, 9.17) is 0 Å². The normalized spacial score (nSPS) is 15.3. The van der Waals surface area contributed by atoms with Crippen molar-refractivity contribution in [3.63, 3.8) is 0 Å². The molecule has 0 spiro atoms. The molecule has 1 aliphatic carbocycles. The summed E-state index contributed by atoms with van der Waals surface area (Å²) in [4.78, 5) is 0. The Bertz CT molecular complexity index is 2770. The van der Waals surface area contributed by atoms with Crippen molar-refractivity contribution in [3.8, 4) is 22.5 Å². The van der Waals surface area contributed by atoms with Gasteiger partial charge < -0.3 is 18.8 Å². The van der Waals surface area contributed by atoms with Gasteiger partial charge in [-0.1, -0.05) is 91.0 Å². The second-order valence-electron chi connectivity index (χ2n) is 12.9. The molecule has 0 bridgehead atoms. The van der Waals surface area contributed by atoms with Gasteiger partial charge in [-0.3, -0.25) is 0 Å². The molecular weight excluding hydrogens is 574 g/mol. The Hall–Kier alpha value is -5.84. The molecule has 2 aliphatic rings. The molecule has 0 radical (unpaired) electrons. The van der Waals surface area contributed by atoms with E-state index in [1.54, 1.807) is 0 Å². The third-order valence-corrected chi connectivity index (χ3v) is 10.6. The van der Waals surface area contributed by atoms with E-state index in [0.717, 1.165) is 62.7 Å². The van der Waals surface area contributed by atoms with Gasteiger partial charge in [0.15, 0.2) is 6.23 Å². The van der Waals surface area contributed by atoms with Gasteiger partial charge in [0.2, 0.25) is 0 Å². The standard InChI is InChI=1S/C43H29N3O/c47-43-33-16-2-1-11-28(33)35-24-27(45-39-19-9-5-14-31(39)32-15-6-10-20-40(32)45)25-36-34-23-26(21-22-41(34)46(43)42(35)36)44-37-17-7-3-12-29(37)30-13-4-8-18-38(30)44/h1-9,11-19,21-25,43,47H,10,20H2. The Morgan fingerprint density at radius 1 is 0.532 bits per heavy atom. The van der Waals surface area contributed by atoms with Gasteiger partial charge in [-0.2, -0.15) is 0 Å². The molecule has 4 heterocycles. The summed E-state index contributed by atoms with van der Waals surface area (Å²) in [5.41, 5.74) is 13.9. The molecule has 0 fully saturated rings. The number of hydrogen-bond acceptors (Lipinski definition) is 1. The van der Waals surface area contributed by atoms with Crippen LogP contribution >= 0.6 is 0 Å². The van der Waals surface area contributed by atoms with Crippen molar-refractivity contribution in [2.75, 3.05) is 0 Å². The van der Waals surface area contributed by atoms with Crippen molar-refractivity contribution in [2.45, 2.75) is 19.1 Å². The lowest BCUT2D eigenvalue weighted by atomic mass is 9.93. The highest BCUT2D eigenvalue weighted by molar-refractivity contribution is 6.16. The van der Waals surface area contributed by atoms with Gasteiger partial charge in [-0.05, 0) is 66.9 Å². The van der Waals surface area contributed by atoms with Crippen LogP contribution in [0.4, 0.5) is 0 Å². The van der Waals surface area contributed by atoms with Crippen LogP contribution in [-0.2, 0) is 6.42 Å². The van der Waals surface area contributed by atoms with Gasteiger partial charge in [-0.15, -0.1) is 0 Å². The fourth-order valence-electron chi connectivity index (χ4n) is 8.66. The summed E-state index contributed by atoms with van der Waals surface area (Å²) in [6.45, 7) is 0. The minimum absolute atomic E-state index is 0.769. The van der Waals surface area contributed by atoms with E-state index < -0.39 is 6.23 Å². The van der Waals surface area contributed by atoms with Gasteiger partial charge in [0.25, 0.3) is 0 Å². The first kappa shape index (κ1) is 25.4. The number of para-hydroxylation sites is 3. The maximum absolute atomic E-state index is 11.9. The highest BCUT2D eigenvalue weighted by Crippen LogP contribution is 2.47. The largest absolute Gasteiger partial charge is 0.369 e. The number of allylic oxidation sites excluding steroid dienone is 1. The molecule has 222 valence electrons. The van der Waals surface area contributed by atoms with Crippen molar-refractivity contribution in [2.24, 2.45) is 0 Å². The van der Waals surface area contributed by atoms with Crippen LogP contribution in [0.15, 0.2) is 133 Å². The number of hydrogen-bond donors (Lipinski definition) is 1. The van der Waals surface area contributed by atoms with Crippen LogP contribution in [0, 0.1) is 0 Å². The van der Waals surface area contributed by atoms with Gasteiger partial charge in [0.1, 0.15) is 0 Å². The zero-order valence-electron chi connectivity index (χ0n) is 25.6. The molecule has 4 nitrogen and oxygen atoms in total. The zero-order chi connectivity index (χ0) is 30.8. The average Bonchev–Trinajstić information content (AvgIpc) is 3.76. The quantitative estimate of drug-likeness (QED) is 0.210. The Morgan fingerprint density at radius 2 is 1.19 bits per heavy atom. The van der Waals surface area contributed by atoms with E-state index in [0.29, 0.717) is 0 Å². The van der Waals surface area contributed by atoms with Crippen molar-refractivity contribution in [1.29, 1.82) is 0 Å². The molecule has 1 atom stereocenters. The Kier molecular flexibility index (Phi) is 4.92. The molecule has 4 heteroatoms. The lowest BCUT2D eigenvalue weighted by molar-refractivity contribution is 0.155. The molecule has 11 rings (SSSR count). The van der Waals surface area contributed by atoms with Crippen LogP contribution in [0.25, 0.3) is 83.1 Å². The first-order valence-corrected chi connectivity index (χ1v) is 16.4. The van der Waals surface area contributed by atoms with Gasteiger partial charge in [0.05, 0.1) is 27.6 Å². The SMILES string of the molecule is OC1c2ccccc2-c2cc(-n3c4c(c5ccccc53)C=CCC4)cc3c4cc(-n5c6ccccc6c6ccccc65)ccc4n1c23. The Labute approximate surface area is 270 Å². The third kappa shape index (κ3) is 3.25. The zero-order valence-corrected chi connectivity index (χ0v) is 25.6.